The first-order chi connectivity index (χ1) is 6.54. The molecule has 2 atom stereocenters. The van der Waals surface area contributed by atoms with Crippen LogP contribution in [0.1, 0.15) is 25.7 Å². The van der Waals surface area contributed by atoms with E-state index in [0.29, 0.717) is 12.8 Å². The second-order valence-corrected chi connectivity index (χ2v) is 4.56. The van der Waals surface area contributed by atoms with Crippen LogP contribution in [0.15, 0.2) is 0 Å². The van der Waals surface area contributed by atoms with Crippen LogP contribution in [0.25, 0.3) is 0 Å². The topological polar surface area (TPSA) is 0 Å². The van der Waals surface area contributed by atoms with Crippen molar-refractivity contribution in [3.05, 3.63) is 0 Å². The van der Waals surface area contributed by atoms with Gasteiger partial charge in [0, 0.05) is 5.92 Å². The van der Waals surface area contributed by atoms with Crippen molar-refractivity contribution in [3.8, 4) is 0 Å². The largest absolute Gasteiger partial charge is 0.392 e. The molecule has 0 aromatic carbocycles. The quantitative estimate of drug-likeness (QED) is 0.580. The number of hydrogen-bond acceptors (Lipinski definition) is 0. The van der Waals surface area contributed by atoms with Gasteiger partial charge in [0.2, 0.25) is 0 Å². The zero-order valence-corrected chi connectivity index (χ0v) is 7.86. The Labute approximate surface area is 80.7 Å². The van der Waals surface area contributed by atoms with Gasteiger partial charge in [-0.05, 0) is 37.5 Å². The third-order valence-corrected chi connectivity index (χ3v) is 3.95. The first-order valence-electron chi connectivity index (χ1n) is 5.16. The van der Waals surface area contributed by atoms with E-state index in [4.69, 9.17) is 0 Å². The summed E-state index contributed by atoms with van der Waals surface area (Å²) in [6, 6.07) is 0. The van der Waals surface area contributed by atoms with Crippen molar-refractivity contribution in [1.82, 2.24) is 0 Å². The molecule has 3 rings (SSSR count). The number of halogens is 4. The van der Waals surface area contributed by atoms with Crippen LogP contribution in [0.4, 0.5) is 17.6 Å². The number of fused-ring (bicyclic) bond motifs is 3. The first-order valence-corrected chi connectivity index (χ1v) is 5.16. The first kappa shape index (κ1) is 10.2. The molecule has 14 heavy (non-hydrogen) atoms. The lowest BCUT2D eigenvalue weighted by molar-refractivity contribution is -0.231. The Morgan fingerprint density at radius 2 is 1.43 bits per heavy atom. The van der Waals surface area contributed by atoms with Crippen molar-refractivity contribution in [3.63, 3.8) is 0 Å². The molecule has 2 bridgehead atoms. The molecule has 2 unspecified atom stereocenters. The third kappa shape index (κ3) is 1.52. The summed E-state index contributed by atoms with van der Waals surface area (Å²) in [5.74, 6) is -2.43. The van der Waals surface area contributed by atoms with Gasteiger partial charge in [0.05, 0.1) is 12.6 Å². The highest BCUT2D eigenvalue weighted by Crippen LogP contribution is 2.54. The average Bonchev–Trinajstić information content (AvgIpc) is 2.16. The molecule has 82 valence electrons. The monoisotopic (exact) mass is 210 g/mol. The van der Waals surface area contributed by atoms with Crippen LogP contribution in [0.3, 0.4) is 0 Å². The zero-order chi connectivity index (χ0) is 10.3. The van der Waals surface area contributed by atoms with Gasteiger partial charge in [-0.3, -0.25) is 4.39 Å². The molecule has 0 N–H and O–H groups in total. The Balaban J connectivity index is 2.20. The number of rotatable bonds is 1. The molecule has 0 aromatic rings. The molecular weight excluding hydrogens is 196 g/mol. The van der Waals surface area contributed by atoms with Crippen LogP contribution in [0.5, 0.6) is 0 Å². The standard InChI is InChI=1S/C10H14F4/c11-5-8-6-1-3-7(4-2-6)9(8)10(12,13)14/h6-9H,1-5H2. The van der Waals surface area contributed by atoms with Gasteiger partial charge in [-0.2, -0.15) is 13.2 Å². The van der Waals surface area contributed by atoms with Crippen molar-refractivity contribution in [2.45, 2.75) is 31.9 Å². The van der Waals surface area contributed by atoms with Crippen LogP contribution in [0.2, 0.25) is 0 Å². The molecule has 3 aliphatic rings. The maximum atomic E-state index is 12.7. The van der Waals surface area contributed by atoms with E-state index in [1.807, 2.05) is 0 Å². The Hall–Kier alpha value is -0.280. The Kier molecular flexibility index (Phi) is 2.48. The number of alkyl halides is 4. The summed E-state index contributed by atoms with van der Waals surface area (Å²) in [5, 5.41) is 0. The predicted molar refractivity (Wildman–Crippen MR) is 44.5 cm³/mol. The van der Waals surface area contributed by atoms with Crippen molar-refractivity contribution in [1.29, 1.82) is 0 Å². The Morgan fingerprint density at radius 3 is 1.79 bits per heavy atom. The van der Waals surface area contributed by atoms with Crippen LogP contribution in [-0.4, -0.2) is 12.9 Å². The summed E-state index contributed by atoms with van der Waals surface area (Å²) in [6.07, 6.45) is -1.31. The smallest absolute Gasteiger partial charge is 0.251 e. The van der Waals surface area contributed by atoms with Crippen LogP contribution in [-0.2, 0) is 0 Å². The maximum absolute atomic E-state index is 12.7. The summed E-state index contributed by atoms with van der Waals surface area (Å²) in [5.41, 5.74) is 0. The van der Waals surface area contributed by atoms with E-state index >= 15 is 0 Å². The van der Waals surface area contributed by atoms with Crippen molar-refractivity contribution < 1.29 is 17.6 Å². The Bertz CT molecular complexity index is 203. The third-order valence-electron chi connectivity index (χ3n) is 3.95. The highest BCUT2D eigenvalue weighted by Gasteiger charge is 2.55. The minimum atomic E-state index is -4.19. The highest BCUT2D eigenvalue weighted by atomic mass is 19.4. The number of hydrogen-bond donors (Lipinski definition) is 0. The molecule has 4 heteroatoms. The molecule has 3 fully saturated rings. The molecule has 3 saturated carbocycles. The van der Waals surface area contributed by atoms with Gasteiger partial charge in [0.1, 0.15) is 0 Å². The zero-order valence-electron chi connectivity index (χ0n) is 7.86. The van der Waals surface area contributed by atoms with E-state index in [2.05, 4.69) is 0 Å². The van der Waals surface area contributed by atoms with Gasteiger partial charge in [-0.1, -0.05) is 0 Å². The lowest BCUT2D eigenvalue weighted by atomic mass is 9.59. The molecule has 0 aromatic heterocycles. The van der Waals surface area contributed by atoms with Crippen LogP contribution < -0.4 is 0 Å². The molecular formula is C10H14F4. The molecule has 0 nitrogen and oxygen atoms in total. The van der Waals surface area contributed by atoms with E-state index in [1.54, 1.807) is 0 Å². The minimum absolute atomic E-state index is 0.0170. The summed E-state index contributed by atoms with van der Waals surface area (Å²) in [6.45, 7) is -0.800. The summed E-state index contributed by atoms with van der Waals surface area (Å²) < 4.78 is 50.6. The fourth-order valence-electron chi connectivity index (χ4n) is 3.31. The molecule has 0 heterocycles. The molecule has 0 amide bonds. The highest BCUT2D eigenvalue weighted by molar-refractivity contribution is 4.95. The van der Waals surface area contributed by atoms with Crippen molar-refractivity contribution >= 4 is 0 Å². The van der Waals surface area contributed by atoms with Gasteiger partial charge < -0.3 is 0 Å². The second-order valence-electron chi connectivity index (χ2n) is 4.56. The minimum Gasteiger partial charge on any atom is -0.251 e. The van der Waals surface area contributed by atoms with Gasteiger partial charge >= 0.3 is 6.18 Å². The Morgan fingerprint density at radius 1 is 0.929 bits per heavy atom. The predicted octanol–water partition coefficient (Wildman–Crippen LogP) is 3.57. The molecule has 0 spiro atoms. The van der Waals surface area contributed by atoms with Gasteiger partial charge in [-0.15, -0.1) is 0 Å². The van der Waals surface area contributed by atoms with E-state index in [0.717, 1.165) is 12.8 Å². The van der Waals surface area contributed by atoms with Gasteiger partial charge in [0.15, 0.2) is 0 Å². The van der Waals surface area contributed by atoms with E-state index in [9.17, 15) is 17.6 Å². The SMILES string of the molecule is FCC1C2CCC(CC2)C1C(F)(F)F. The normalized spacial score (nSPS) is 42.9. The lowest BCUT2D eigenvalue weighted by Gasteiger charge is -2.48. The average molecular weight is 210 g/mol. The molecule has 0 aliphatic heterocycles. The maximum Gasteiger partial charge on any atom is 0.392 e. The lowest BCUT2D eigenvalue weighted by Crippen LogP contribution is -2.48. The van der Waals surface area contributed by atoms with Crippen molar-refractivity contribution in [2.75, 3.05) is 6.67 Å². The fourth-order valence-corrected chi connectivity index (χ4v) is 3.31. The molecule has 0 saturated heterocycles. The van der Waals surface area contributed by atoms with Gasteiger partial charge in [0.25, 0.3) is 0 Å². The summed E-state index contributed by atoms with van der Waals surface area (Å²) in [7, 11) is 0. The van der Waals surface area contributed by atoms with E-state index in [1.165, 1.54) is 0 Å². The van der Waals surface area contributed by atoms with Crippen LogP contribution >= 0.6 is 0 Å². The molecule has 0 radical (unpaired) electrons. The molecule has 3 aliphatic carbocycles. The fraction of sp³-hybridized carbons (Fsp3) is 1.00. The van der Waals surface area contributed by atoms with Gasteiger partial charge in [-0.25, -0.2) is 0 Å². The second kappa shape index (κ2) is 3.38. The summed E-state index contributed by atoms with van der Waals surface area (Å²) >= 11 is 0. The van der Waals surface area contributed by atoms with E-state index < -0.39 is 24.7 Å². The van der Waals surface area contributed by atoms with Crippen molar-refractivity contribution in [2.24, 2.45) is 23.7 Å². The summed E-state index contributed by atoms with van der Waals surface area (Å²) in [4.78, 5) is 0. The van der Waals surface area contributed by atoms with E-state index in [-0.39, 0.29) is 11.8 Å². The van der Waals surface area contributed by atoms with Crippen LogP contribution in [0, 0.1) is 23.7 Å².